The molecule has 34 heavy (non-hydrogen) atoms. The zero-order valence-corrected chi connectivity index (χ0v) is 21.1. The fourth-order valence-electron chi connectivity index (χ4n) is 3.06. The summed E-state index contributed by atoms with van der Waals surface area (Å²) in [6, 6.07) is 17.8. The molecule has 0 spiro atoms. The Morgan fingerprint density at radius 1 is 1.21 bits per heavy atom. The number of hydrazine groups is 1. The second-order valence-electron chi connectivity index (χ2n) is 6.97. The first-order valence-corrected chi connectivity index (χ1v) is 12.0. The molecule has 2 heterocycles. The molecule has 0 bridgehead atoms. The zero-order chi connectivity index (χ0) is 24.1. The SMILES string of the molecule is COc1cc(C=C2SC(=S)N(NC(=O)c3ccccc3)C2=O)cc(Br)c1OCc1ccccn1. The highest BCUT2D eigenvalue weighted by atomic mass is 79.9. The van der Waals surface area contributed by atoms with E-state index in [4.69, 9.17) is 21.7 Å². The Labute approximate surface area is 214 Å². The van der Waals surface area contributed by atoms with Crippen molar-refractivity contribution in [2.24, 2.45) is 0 Å². The van der Waals surface area contributed by atoms with Crippen molar-refractivity contribution in [3.8, 4) is 11.5 Å². The van der Waals surface area contributed by atoms with E-state index < -0.39 is 11.8 Å². The Bertz CT molecular complexity index is 1270. The van der Waals surface area contributed by atoms with E-state index in [1.807, 2.05) is 24.3 Å². The number of thiocarbonyl (C=S) groups is 1. The van der Waals surface area contributed by atoms with Gasteiger partial charge in [-0.05, 0) is 76.2 Å². The lowest BCUT2D eigenvalue weighted by atomic mass is 10.2. The third-order valence-corrected chi connectivity index (χ3v) is 6.57. The summed E-state index contributed by atoms with van der Waals surface area (Å²) in [5, 5.41) is 1.08. The van der Waals surface area contributed by atoms with Crippen molar-refractivity contribution < 1.29 is 19.1 Å². The second kappa shape index (κ2) is 10.8. The summed E-state index contributed by atoms with van der Waals surface area (Å²) in [6.45, 7) is 0.273. The Morgan fingerprint density at radius 2 is 1.97 bits per heavy atom. The standard InChI is InChI=1S/C24H18BrN3O4S2/c1-31-19-12-15(11-18(25)21(19)32-14-17-9-5-6-10-26-17)13-20-23(30)28(24(33)34-20)27-22(29)16-7-3-2-4-8-16/h2-13H,14H2,1H3,(H,27,29). The van der Waals surface area contributed by atoms with Gasteiger partial charge >= 0.3 is 0 Å². The van der Waals surface area contributed by atoms with E-state index in [1.165, 1.54) is 7.11 Å². The molecule has 1 saturated heterocycles. The third kappa shape index (κ3) is 5.46. The van der Waals surface area contributed by atoms with Crippen LogP contribution < -0.4 is 14.9 Å². The summed E-state index contributed by atoms with van der Waals surface area (Å²) in [5.74, 6) is 0.180. The minimum atomic E-state index is -0.419. The van der Waals surface area contributed by atoms with Crippen LogP contribution in [0.2, 0.25) is 0 Å². The number of methoxy groups -OCH3 is 1. The second-order valence-corrected chi connectivity index (χ2v) is 9.50. The highest BCUT2D eigenvalue weighted by Crippen LogP contribution is 2.39. The van der Waals surface area contributed by atoms with Crippen LogP contribution in [0.15, 0.2) is 76.2 Å². The van der Waals surface area contributed by atoms with E-state index in [0.29, 0.717) is 32.0 Å². The van der Waals surface area contributed by atoms with Crippen molar-refractivity contribution >= 4 is 62.1 Å². The van der Waals surface area contributed by atoms with Crippen LogP contribution in [0.25, 0.3) is 6.08 Å². The molecule has 0 radical (unpaired) electrons. The lowest BCUT2D eigenvalue weighted by Crippen LogP contribution is -2.44. The number of carbonyl (C=O) groups excluding carboxylic acids is 2. The van der Waals surface area contributed by atoms with Gasteiger partial charge in [0.05, 0.1) is 22.2 Å². The largest absolute Gasteiger partial charge is 0.493 e. The van der Waals surface area contributed by atoms with Crippen LogP contribution in [0.1, 0.15) is 21.6 Å². The predicted molar refractivity (Wildman–Crippen MR) is 138 cm³/mol. The van der Waals surface area contributed by atoms with Crippen LogP contribution in [-0.2, 0) is 11.4 Å². The van der Waals surface area contributed by atoms with E-state index in [2.05, 4.69) is 26.3 Å². The van der Waals surface area contributed by atoms with E-state index in [9.17, 15) is 9.59 Å². The maximum atomic E-state index is 12.9. The first-order chi connectivity index (χ1) is 16.5. The van der Waals surface area contributed by atoms with Crippen molar-refractivity contribution in [3.05, 3.63) is 93.1 Å². The number of nitrogens with zero attached hydrogens (tertiary/aromatic N) is 2. The van der Waals surface area contributed by atoms with Gasteiger partial charge in [0.15, 0.2) is 15.8 Å². The highest BCUT2D eigenvalue weighted by molar-refractivity contribution is 9.10. The van der Waals surface area contributed by atoms with Crippen LogP contribution >= 0.6 is 39.9 Å². The molecular formula is C24H18BrN3O4S2. The molecule has 0 saturated carbocycles. The van der Waals surface area contributed by atoms with E-state index in [1.54, 1.807) is 48.7 Å². The monoisotopic (exact) mass is 555 g/mol. The average Bonchev–Trinajstić information content (AvgIpc) is 3.11. The molecule has 0 aliphatic carbocycles. The normalized spacial score (nSPS) is 14.4. The minimum Gasteiger partial charge on any atom is -0.493 e. The predicted octanol–water partition coefficient (Wildman–Crippen LogP) is 4.98. The minimum absolute atomic E-state index is 0.238. The lowest BCUT2D eigenvalue weighted by Gasteiger charge is -2.15. The first-order valence-electron chi connectivity index (χ1n) is 10.0. The van der Waals surface area contributed by atoms with Gasteiger partial charge in [0.2, 0.25) is 0 Å². The fourth-order valence-corrected chi connectivity index (χ4v) is 4.82. The Hall–Kier alpha value is -3.21. The number of hydrogen-bond acceptors (Lipinski definition) is 7. The molecule has 1 aliphatic rings. The molecule has 2 amide bonds. The van der Waals surface area contributed by atoms with Crippen LogP contribution in [0, 0.1) is 0 Å². The topological polar surface area (TPSA) is 80.8 Å². The van der Waals surface area contributed by atoms with Gasteiger partial charge in [-0.3, -0.25) is 20.0 Å². The van der Waals surface area contributed by atoms with Gasteiger partial charge in [-0.1, -0.05) is 36.0 Å². The van der Waals surface area contributed by atoms with E-state index in [-0.39, 0.29) is 10.9 Å². The van der Waals surface area contributed by atoms with Gasteiger partial charge < -0.3 is 9.47 Å². The summed E-state index contributed by atoms with van der Waals surface area (Å²) in [7, 11) is 1.54. The van der Waals surface area contributed by atoms with Crippen molar-refractivity contribution in [1.82, 2.24) is 15.4 Å². The molecule has 1 fully saturated rings. The van der Waals surface area contributed by atoms with Crippen molar-refractivity contribution in [2.75, 3.05) is 7.11 Å². The number of carbonyl (C=O) groups is 2. The van der Waals surface area contributed by atoms with Crippen LogP contribution in [0.3, 0.4) is 0 Å². The van der Waals surface area contributed by atoms with Gasteiger partial charge in [0, 0.05) is 11.8 Å². The molecule has 0 unspecified atom stereocenters. The first kappa shape index (κ1) is 23.9. The summed E-state index contributed by atoms with van der Waals surface area (Å²) < 4.78 is 12.3. The van der Waals surface area contributed by atoms with Crippen LogP contribution in [0.4, 0.5) is 0 Å². The summed E-state index contributed by atoms with van der Waals surface area (Å²) in [4.78, 5) is 30.0. The van der Waals surface area contributed by atoms with Gasteiger partial charge in [-0.2, -0.15) is 5.01 Å². The molecule has 4 rings (SSSR count). The van der Waals surface area contributed by atoms with E-state index >= 15 is 0 Å². The highest BCUT2D eigenvalue weighted by Gasteiger charge is 2.34. The van der Waals surface area contributed by atoms with Crippen molar-refractivity contribution in [3.63, 3.8) is 0 Å². The van der Waals surface area contributed by atoms with Crippen LogP contribution in [0.5, 0.6) is 11.5 Å². The molecule has 1 aromatic heterocycles. The number of halogens is 1. The zero-order valence-electron chi connectivity index (χ0n) is 17.9. The van der Waals surface area contributed by atoms with Gasteiger partial charge in [-0.25, -0.2) is 0 Å². The van der Waals surface area contributed by atoms with Gasteiger partial charge in [0.25, 0.3) is 11.8 Å². The Balaban J connectivity index is 1.51. The van der Waals surface area contributed by atoms with Gasteiger partial charge in [0.1, 0.15) is 6.61 Å². The van der Waals surface area contributed by atoms with Crippen molar-refractivity contribution in [2.45, 2.75) is 6.61 Å². The number of hydrogen-bond donors (Lipinski definition) is 1. The summed E-state index contributed by atoms with van der Waals surface area (Å²) >= 11 is 9.93. The fraction of sp³-hybridized carbons (Fsp3) is 0.0833. The Kier molecular flexibility index (Phi) is 7.61. The molecule has 7 nitrogen and oxygen atoms in total. The molecule has 1 aliphatic heterocycles. The van der Waals surface area contributed by atoms with E-state index in [0.717, 1.165) is 22.5 Å². The number of rotatable bonds is 7. The van der Waals surface area contributed by atoms with Crippen molar-refractivity contribution in [1.29, 1.82) is 0 Å². The summed E-state index contributed by atoms with van der Waals surface area (Å²) in [5.41, 5.74) is 4.47. The molecule has 10 heteroatoms. The number of nitrogens with one attached hydrogen (secondary N) is 1. The molecular weight excluding hydrogens is 538 g/mol. The number of thioether (sulfide) groups is 1. The quantitative estimate of drug-likeness (QED) is 0.325. The van der Waals surface area contributed by atoms with Gasteiger partial charge in [-0.15, -0.1) is 0 Å². The molecule has 2 aromatic carbocycles. The van der Waals surface area contributed by atoms with Crippen LogP contribution in [-0.4, -0.2) is 33.2 Å². The lowest BCUT2D eigenvalue weighted by molar-refractivity contribution is -0.123. The summed E-state index contributed by atoms with van der Waals surface area (Å²) in [6.07, 6.45) is 3.39. The number of ether oxygens (including phenoxy) is 2. The maximum Gasteiger partial charge on any atom is 0.285 e. The number of amides is 2. The maximum absolute atomic E-state index is 12.9. The average molecular weight is 556 g/mol. The Morgan fingerprint density at radius 3 is 2.68 bits per heavy atom. The third-order valence-electron chi connectivity index (χ3n) is 4.68. The number of aromatic nitrogens is 1. The smallest absolute Gasteiger partial charge is 0.285 e. The number of benzene rings is 2. The molecule has 3 aromatic rings. The molecule has 172 valence electrons. The number of pyridine rings is 1. The molecule has 1 N–H and O–H groups in total. The molecule has 0 atom stereocenters.